The fourth-order valence-corrected chi connectivity index (χ4v) is 3.37. The van der Waals surface area contributed by atoms with Crippen LogP contribution in [-0.4, -0.2) is 24.7 Å². The Balaban J connectivity index is 1.62. The van der Waals surface area contributed by atoms with E-state index in [1.54, 1.807) is 29.4 Å². The minimum absolute atomic E-state index is 0.0920. The van der Waals surface area contributed by atoms with E-state index in [4.69, 9.17) is 16.0 Å². The van der Waals surface area contributed by atoms with E-state index in [0.717, 1.165) is 23.8 Å². The Morgan fingerprint density at radius 1 is 1.33 bits per heavy atom. The van der Waals surface area contributed by atoms with Gasteiger partial charge in [-0.1, -0.05) is 11.6 Å². The van der Waals surface area contributed by atoms with Gasteiger partial charge in [0, 0.05) is 12.7 Å². The summed E-state index contributed by atoms with van der Waals surface area (Å²) >= 11 is 5.61. The van der Waals surface area contributed by atoms with E-state index < -0.39 is 15.8 Å². The number of aromatic nitrogens is 2. The number of hydrogen-bond acceptors (Lipinski definition) is 4. The van der Waals surface area contributed by atoms with Crippen molar-refractivity contribution in [2.75, 3.05) is 6.54 Å². The van der Waals surface area contributed by atoms with Crippen molar-refractivity contribution in [1.82, 2.24) is 14.5 Å². The summed E-state index contributed by atoms with van der Waals surface area (Å²) in [6, 6.07) is 6.83. The second kappa shape index (κ2) is 6.76. The molecule has 0 aliphatic heterocycles. The minimum Gasteiger partial charge on any atom is -0.464 e. The Morgan fingerprint density at radius 3 is 2.88 bits per heavy atom. The molecule has 0 saturated carbocycles. The average molecular weight is 370 g/mol. The van der Waals surface area contributed by atoms with E-state index in [9.17, 15) is 12.8 Å². The summed E-state index contributed by atoms with van der Waals surface area (Å²) in [6.45, 7) is 0.450. The molecule has 9 heteroatoms. The number of nitrogens with zero attached hydrogens (tertiary/aromatic N) is 2. The van der Waals surface area contributed by atoms with Crippen LogP contribution in [0.15, 0.2) is 58.3 Å². The van der Waals surface area contributed by atoms with Crippen molar-refractivity contribution in [2.45, 2.75) is 11.4 Å². The van der Waals surface area contributed by atoms with Crippen LogP contribution in [0.2, 0.25) is 5.02 Å². The summed E-state index contributed by atoms with van der Waals surface area (Å²) in [5.41, 5.74) is 0.799. The van der Waals surface area contributed by atoms with Gasteiger partial charge in [-0.15, -0.1) is 0 Å². The van der Waals surface area contributed by atoms with Gasteiger partial charge in [0.25, 0.3) is 0 Å². The van der Waals surface area contributed by atoms with Crippen LogP contribution in [-0.2, 0) is 16.6 Å². The summed E-state index contributed by atoms with van der Waals surface area (Å²) in [5.74, 6) is 0.0143. The number of sulfonamides is 1. The van der Waals surface area contributed by atoms with Gasteiger partial charge in [-0.05, 0) is 30.3 Å². The Labute approximate surface area is 142 Å². The molecular weight excluding hydrogens is 357 g/mol. The van der Waals surface area contributed by atoms with Gasteiger partial charge in [-0.2, -0.15) is 5.10 Å². The summed E-state index contributed by atoms with van der Waals surface area (Å²) in [6.07, 6.45) is 4.95. The highest BCUT2D eigenvalue weighted by Crippen LogP contribution is 2.20. The van der Waals surface area contributed by atoms with E-state index in [1.807, 2.05) is 6.07 Å². The first-order valence-corrected chi connectivity index (χ1v) is 8.83. The first-order valence-electron chi connectivity index (χ1n) is 6.97. The molecule has 0 fully saturated rings. The highest BCUT2D eigenvalue weighted by Gasteiger charge is 2.15. The molecule has 126 valence electrons. The molecule has 2 heterocycles. The van der Waals surface area contributed by atoms with Crippen LogP contribution in [0.25, 0.3) is 11.3 Å². The SMILES string of the molecule is O=S(=O)(NCCn1cc(-c2ccco2)cn1)c1ccc(F)c(Cl)c1. The van der Waals surface area contributed by atoms with Gasteiger partial charge in [-0.25, -0.2) is 17.5 Å². The van der Waals surface area contributed by atoms with Crippen molar-refractivity contribution in [3.8, 4) is 11.3 Å². The van der Waals surface area contributed by atoms with Crippen molar-refractivity contribution in [3.63, 3.8) is 0 Å². The van der Waals surface area contributed by atoms with Crippen LogP contribution >= 0.6 is 11.6 Å². The number of halogens is 2. The summed E-state index contributed by atoms with van der Waals surface area (Å²) in [5, 5.41) is 3.90. The fraction of sp³-hybridized carbons (Fsp3) is 0.133. The third-order valence-electron chi connectivity index (χ3n) is 3.27. The molecule has 0 atom stereocenters. The van der Waals surface area contributed by atoms with Crippen LogP contribution in [0, 0.1) is 5.82 Å². The molecule has 1 aromatic carbocycles. The Bertz CT molecular complexity index is 939. The van der Waals surface area contributed by atoms with Gasteiger partial charge >= 0.3 is 0 Å². The molecule has 2 aromatic heterocycles. The summed E-state index contributed by atoms with van der Waals surface area (Å²) < 4.78 is 46.7. The standard InChI is InChI=1S/C15H13ClFN3O3S/c16-13-8-12(3-4-14(13)17)24(21,22)19-5-6-20-10-11(9-18-20)15-2-1-7-23-15/h1-4,7-10,19H,5-6H2. The molecule has 3 aromatic rings. The molecule has 0 bridgehead atoms. The highest BCUT2D eigenvalue weighted by molar-refractivity contribution is 7.89. The first-order chi connectivity index (χ1) is 11.5. The predicted molar refractivity (Wildman–Crippen MR) is 86.5 cm³/mol. The molecule has 0 aliphatic carbocycles. The van der Waals surface area contributed by atoms with Gasteiger partial charge in [0.15, 0.2) is 0 Å². The zero-order chi connectivity index (χ0) is 17.2. The third-order valence-corrected chi connectivity index (χ3v) is 5.02. The molecule has 0 saturated heterocycles. The Morgan fingerprint density at radius 2 is 2.17 bits per heavy atom. The van der Waals surface area contributed by atoms with Gasteiger partial charge in [-0.3, -0.25) is 4.68 Å². The summed E-state index contributed by atoms with van der Waals surface area (Å²) in [7, 11) is -3.77. The van der Waals surface area contributed by atoms with Crippen LogP contribution < -0.4 is 4.72 Å². The number of benzene rings is 1. The topological polar surface area (TPSA) is 77.1 Å². The lowest BCUT2D eigenvalue weighted by Crippen LogP contribution is -2.27. The molecule has 24 heavy (non-hydrogen) atoms. The normalized spacial score (nSPS) is 11.8. The molecule has 0 amide bonds. The fourth-order valence-electron chi connectivity index (χ4n) is 2.08. The zero-order valence-electron chi connectivity index (χ0n) is 12.3. The van der Waals surface area contributed by atoms with E-state index in [-0.39, 0.29) is 16.5 Å². The second-order valence-electron chi connectivity index (χ2n) is 4.94. The van der Waals surface area contributed by atoms with E-state index >= 15 is 0 Å². The average Bonchev–Trinajstić information content (AvgIpc) is 3.20. The number of nitrogens with one attached hydrogen (secondary N) is 1. The smallest absolute Gasteiger partial charge is 0.240 e. The number of hydrogen-bond donors (Lipinski definition) is 1. The lowest BCUT2D eigenvalue weighted by atomic mass is 10.3. The predicted octanol–water partition coefficient (Wildman–Crippen LogP) is 2.91. The van der Waals surface area contributed by atoms with Crippen molar-refractivity contribution in [1.29, 1.82) is 0 Å². The van der Waals surface area contributed by atoms with Crippen LogP contribution in [0.3, 0.4) is 0 Å². The van der Waals surface area contributed by atoms with Crippen molar-refractivity contribution >= 4 is 21.6 Å². The monoisotopic (exact) mass is 369 g/mol. The maximum absolute atomic E-state index is 13.1. The molecule has 0 unspecified atom stereocenters. The van der Waals surface area contributed by atoms with E-state index in [2.05, 4.69) is 9.82 Å². The minimum atomic E-state index is -3.77. The van der Waals surface area contributed by atoms with Crippen molar-refractivity contribution in [2.24, 2.45) is 0 Å². The van der Waals surface area contributed by atoms with Crippen LogP contribution in [0.5, 0.6) is 0 Å². The maximum Gasteiger partial charge on any atom is 0.240 e. The van der Waals surface area contributed by atoms with E-state index in [1.165, 1.54) is 0 Å². The molecule has 0 spiro atoms. The molecule has 0 radical (unpaired) electrons. The Hall–Kier alpha value is -2.16. The van der Waals surface area contributed by atoms with Gasteiger partial charge < -0.3 is 4.42 Å². The third kappa shape index (κ3) is 3.66. The molecule has 3 rings (SSSR count). The van der Waals surface area contributed by atoms with Crippen LogP contribution in [0.1, 0.15) is 0 Å². The number of furan rings is 1. The van der Waals surface area contributed by atoms with Gasteiger partial charge in [0.05, 0.1) is 34.5 Å². The Kier molecular flexibility index (Phi) is 4.70. The molecule has 6 nitrogen and oxygen atoms in total. The maximum atomic E-state index is 13.1. The molecule has 0 aliphatic rings. The van der Waals surface area contributed by atoms with Crippen LogP contribution in [0.4, 0.5) is 4.39 Å². The first kappa shape index (κ1) is 16.7. The number of rotatable bonds is 6. The second-order valence-corrected chi connectivity index (χ2v) is 7.12. The zero-order valence-corrected chi connectivity index (χ0v) is 13.9. The van der Waals surface area contributed by atoms with Gasteiger partial charge in [0.1, 0.15) is 11.6 Å². The van der Waals surface area contributed by atoms with Crippen molar-refractivity contribution < 1.29 is 17.2 Å². The quantitative estimate of drug-likeness (QED) is 0.724. The van der Waals surface area contributed by atoms with E-state index in [0.29, 0.717) is 12.3 Å². The highest BCUT2D eigenvalue weighted by atomic mass is 35.5. The lowest BCUT2D eigenvalue weighted by Gasteiger charge is -2.07. The molecule has 1 N–H and O–H groups in total. The van der Waals surface area contributed by atoms with Gasteiger partial charge in [0.2, 0.25) is 10.0 Å². The lowest BCUT2D eigenvalue weighted by molar-refractivity contribution is 0.560. The summed E-state index contributed by atoms with van der Waals surface area (Å²) in [4.78, 5) is -0.0920. The largest absolute Gasteiger partial charge is 0.464 e. The van der Waals surface area contributed by atoms with Crippen molar-refractivity contribution in [3.05, 3.63) is 59.8 Å². The molecular formula is C15H13ClFN3O3S.